The second-order valence-electron chi connectivity index (χ2n) is 4.11. The summed E-state index contributed by atoms with van der Waals surface area (Å²) in [6, 6.07) is -2.45. The van der Waals surface area contributed by atoms with Gasteiger partial charge in [-0.1, -0.05) is 0 Å². The average Bonchev–Trinajstić information content (AvgIpc) is 2.27. The molecule has 104 valence electrons. The lowest BCUT2D eigenvalue weighted by Crippen LogP contribution is -2.48. The monoisotopic (exact) mass is 281 g/mol. The van der Waals surface area contributed by atoms with Gasteiger partial charge in [0.1, 0.15) is 0 Å². The molecule has 19 heavy (non-hydrogen) atoms. The minimum absolute atomic E-state index is 0.0979. The number of aliphatic carboxylic acids is 1. The van der Waals surface area contributed by atoms with Crippen LogP contribution in [0.1, 0.15) is 0 Å². The van der Waals surface area contributed by atoms with Gasteiger partial charge in [-0.15, -0.1) is 0 Å². The van der Waals surface area contributed by atoms with E-state index in [-0.39, 0.29) is 11.3 Å². The largest absolute Gasteiger partial charge is 0.478 e. The summed E-state index contributed by atoms with van der Waals surface area (Å²) >= 11 is 0. The molecule has 0 saturated heterocycles. The van der Waals surface area contributed by atoms with Gasteiger partial charge in [-0.25, -0.2) is 13.6 Å². The normalized spacial score (nSPS) is 30.6. The van der Waals surface area contributed by atoms with Crippen molar-refractivity contribution >= 4 is 5.97 Å². The van der Waals surface area contributed by atoms with Crippen LogP contribution in [0.2, 0.25) is 0 Å². The number of carbonyl (C=O) groups is 1. The van der Waals surface area contributed by atoms with Gasteiger partial charge in [0.25, 0.3) is 0 Å². The maximum atomic E-state index is 13.1. The second-order valence-corrected chi connectivity index (χ2v) is 4.11. The third-order valence-electron chi connectivity index (χ3n) is 2.78. The van der Waals surface area contributed by atoms with Gasteiger partial charge in [-0.05, 0) is 23.8 Å². The van der Waals surface area contributed by atoms with E-state index in [0.29, 0.717) is 12.2 Å². The SMILES string of the molecule is O=C(O)C1=CC2=CC(F)C(F)C=C2NC1C(F)(F)F. The van der Waals surface area contributed by atoms with E-state index in [0.717, 1.165) is 6.08 Å². The summed E-state index contributed by atoms with van der Waals surface area (Å²) in [6.07, 6.45) is -6.78. The third kappa shape index (κ3) is 2.47. The Bertz CT molecular complexity index is 506. The molecule has 0 aromatic heterocycles. The molecular weight excluding hydrogens is 273 g/mol. The number of carboxylic acids is 1. The standard InChI is InChI=1S/C11H8F5NO2/c12-6-2-4-1-5(10(18)19)9(11(14,15)16)17-8(4)3-7(6)13/h1-3,6-7,9,17H,(H,18,19). The molecule has 3 unspecified atom stereocenters. The molecule has 1 heterocycles. The Labute approximate surface area is 104 Å². The number of halogens is 5. The number of allylic oxidation sites excluding steroid dienone is 3. The van der Waals surface area contributed by atoms with Crippen LogP contribution >= 0.6 is 0 Å². The van der Waals surface area contributed by atoms with Gasteiger partial charge in [0.05, 0.1) is 5.57 Å². The van der Waals surface area contributed by atoms with Crippen molar-refractivity contribution in [3.8, 4) is 0 Å². The van der Waals surface area contributed by atoms with Crippen molar-refractivity contribution in [3.63, 3.8) is 0 Å². The topological polar surface area (TPSA) is 49.3 Å². The van der Waals surface area contributed by atoms with Crippen LogP contribution in [0, 0.1) is 0 Å². The summed E-state index contributed by atoms with van der Waals surface area (Å²) in [4.78, 5) is 10.8. The zero-order valence-electron chi connectivity index (χ0n) is 9.21. The van der Waals surface area contributed by atoms with Crippen molar-refractivity contribution in [1.82, 2.24) is 5.32 Å². The zero-order chi connectivity index (χ0) is 14.4. The highest BCUT2D eigenvalue weighted by atomic mass is 19.4. The smallest absolute Gasteiger partial charge is 0.413 e. The van der Waals surface area contributed by atoms with E-state index in [1.807, 2.05) is 5.32 Å². The Morgan fingerprint density at radius 3 is 2.32 bits per heavy atom. The first-order valence-electron chi connectivity index (χ1n) is 5.20. The van der Waals surface area contributed by atoms with Crippen LogP contribution in [0.25, 0.3) is 0 Å². The van der Waals surface area contributed by atoms with Gasteiger partial charge in [-0.2, -0.15) is 13.2 Å². The van der Waals surface area contributed by atoms with E-state index in [4.69, 9.17) is 5.11 Å². The Balaban J connectivity index is 2.48. The molecule has 0 spiro atoms. The highest BCUT2D eigenvalue weighted by molar-refractivity contribution is 5.90. The van der Waals surface area contributed by atoms with Gasteiger partial charge in [0.15, 0.2) is 18.4 Å². The van der Waals surface area contributed by atoms with Gasteiger partial charge >= 0.3 is 12.1 Å². The molecule has 8 heteroatoms. The molecule has 2 N–H and O–H groups in total. The first kappa shape index (κ1) is 13.6. The fourth-order valence-corrected chi connectivity index (χ4v) is 1.89. The predicted octanol–water partition coefficient (Wildman–Crippen LogP) is 2.03. The summed E-state index contributed by atoms with van der Waals surface area (Å²) in [5, 5.41) is 10.6. The van der Waals surface area contributed by atoms with Gasteiger partial charge in [-0.3, -0.25) is 0 Å². The van der Waals surface area contributed by atoms with Crippen molar-refractivity contribution in [2.75, 3.05) is 0 Å². The number of fused-ring (bicyclic) bond motifs is 1. The van der Waals surface area contributed by atoms with E-state index in [1.165, 1.54) is 0 Å². The van der Waals surface area contributed by atoms with Crippen molar-refractivity contribution in [1.29, 1.82) is 0 Å². The molecule has 0 saturated carbocycles. The molecule has 0 bridgehead atoms. The maximum Gasteiger partial charge on any atom is 0.413 e. The number of alkyl halides is 5. The minimum Gasteiger partial charge on any atom is -0.478 e. The number of nitrogens with one attached hydrogen (secondary N) is 1. The van der Waals surface area contributed by atoms with Crippen LogP contribution in [0.5, 0.6) is 0 Å². The summed E-state index contributed by atoms with van der Waals surface area (Å²) in [5.41, 5.74) is -1.31. The molecule has 0 fully saturated rings. The van der Waals surface area contributed by atoms with E-state index < -0.39 is 36.1 Å². The number of rotatable bonds is 1. The summed E-state index contributed by atoms with van der Waals surface area (Å²) in [5.74, 6) is -1.77. The van der Waals surface area contributed by atoms with E-state index in [9.17, 15) is 26.7 Å². The van der Waals surface area contributed by atoms with Crippen LogP contribution in [-0.2, 0) is 4.79 Å². The molecule has 3 atom stereocenters. The number of hydrogen-bond acceptors (Lipinski definition) is 2. The Morgan fingerprint density at radius 2 is 1.79 bits per heavy atom. The lowest BCUT2D eigenvalue weighted by molar-refractivity contribution is -0.154. The van der Waals surface area contributed by atoms with Crippen molar-refractivity contribution < 1.29 is 31.9 Å². The lowest BCUT2D eigenvalue weighted by atomic mass is 9.91. The van der Waals surface area contributed by atoms with Crippen LogP contribution < -0.4 is 5.32 Å². The molecular formula is C11H8F5NO2. The van der Waals surface area contributed by atoms with Crippen LogP contribution in [0.15, 0.2) is 35.1 Å². The highest BCUT2D eigenvalue weighted by Crippen LogP contribution is 2.34. The zero-order valence-corrected chi connectivity index (χ0v) is 9.21. The molecule has 1 aliphatic heterocycles. The Kier molecular flexibility index (Phi) is 3.11. The van der Waals surface area contributed by atoms with Crippen molar-refractivity contribution in [2.24, 2.45) is 0 Å². The fourth-order valence-electron chi connectivity index (χ4n) is 1.89. The maximum absolute atomic E-state index is 13.1. The molecule has 0 radical (unpaired) electrons. The van der Waals surface area contributed by atoms with Crippen LogP contribution in [0.3, 0.4) is 0 Å². The molecule has 2 rings (SSSR count). The Hall–Kier alpha value is -1.86. The van der Waals surface area contributed by atoms with E-state index in [2.05, 4.69) is 0 Å². The fraction of sp³-hybridized carbons (Fsp3) is 0.364. The van der Waals surface area contributed by atoms with Crippen LogP contribution in [0.4, 0.5) is 22.0 Å². The van der Waals surface area contributed by atoms with Crippen molar-refractivity contribution in [3.05, 3.63) is 35.1 Å². The van der Waals surface area contributed by atoms with E-state index >= 15 is 0 Å². The predicted molar refractivity (Wildman–Crippen MR) is 54.7 cm³/mol. The summed E-state index contributed by atoms with van der Waals surface area (Å²) < 4.78 is 64.3. The molecule has 3 nitrogen and oxygen atoms in total. The third-order valence-corrected chi connectivity index (χ3v) is 2.78. The van der Waals surface area contributed by atoms with Gasteiger partial charge in [0.2, 0.25) is 0 Å². The first-order valence-corrected chi connectivity index (χ1v) is 5.20. The Morgan fingerprint density at radius 1 is 1.21 bits per heavy atom. The second kappa shape index (κ2) is 4.36. The summed E-state index contributed by atoms with van der Waals surface area (Å²) in [7, 11) is 0. The van der Waals surface area contributed by atoms with E-state index in [1.54, 1.807) is 0 Å². The minimum atomic E-state index is -4.85. The summed E-state index contributed by atoms with van der Waals surface area (Å²) in [6.45, 7) is 0. The average molecular weight is 281 g/mol. The molecule has 1 aliphatic carbocycles. The number of carboxylic acid groups (broad SMARTS) is 1. The first-order chi connectivity index (χ1) is 8.70. The van der Waals surface area contributed by atoms with Gasteiger partial charge in [0, 0.05) is 5.70 Å². The van der Waals surface area contributed by atoms with Crippen LogP contribution in [-0.4, -0.2) is 35.6 Å². The van der Waals surface area contributed by atoms with Crippen molar-refractivity contribution in [2.45, 2.75) is 24.6 Å². The lowest BCUT2D eigenvalue weighted by Gasteiger charge is -2.31. The highest BCUT2D eigenvalue weighted by Gasteiger charge is 2.47. The molecule has 0 amide bonds. The molecule has 0 aromatic carbocycles. The number of hydrogen-bond donors (Lipinski definition) is 2. The molecule has 0 aromatic rings. The van der Waals surface area contributed by atoms with Gasteiger partial charge < -0.3 is 10.4 Å². The molecule has 2 aliphatic rings. The quantitative estimate of drug-likeness (QED) is 0.723.